The number of aryl methyl sites for hydroxylation is 2. The van der Waals surface area contributed by atoms with Gasteiger partial charge in [-0.2, -0.15) is 0 Å². The van der Waals surface area contributed by atoms with Gasteiger partial charge in [0.15, 0.2) is 0 Å². The molecule has 2 N–H and O–H groups in total. The highest BCUT2D eigenvalue weighted by Crippen LogP contribution is 2.36. The van der Waals surface area contributed by atoms with Crippen LogP contribution in [-0.2, 0) is 21.6 Å². The average Bonchev–Trinajstić information content (AvgIpc) is 3.22. The van der Waals surface area contributed by atoms with Gasteiger partial charge in [0.25, 0.3) is 5.91 Å². The van der Waals surface area contributed by atoms with Gasteiger partial charge in [0.1, 0.15) is 18.4 Å². The van der Waals surface area contributed by atoms with Gasteiger partial charge in [-0.05, 0) is 56.0 Å². The fourth-order valence-corrected chi connectivity index (χ4v) is 4.20. The van der Waals surface area contributed by atoms with Crippen LogP contribution in [0.15, 0.2) is 42.5 Å². The molecule has 0 aromatic heterocycles. The first-order chi connectivity index (χ1) is 14.8. The fraction of sp³-hybridized carbons (Fsp3) is 0.375. The third-order valence-corrected chi connectivity index (χ3v) is 6.29. The van der Waals surface area contributed by atoms with Crippen LogP contribution in [0.4, 0.5) is 4.79 Å². The Morgan fingerprint density at radius 2 is 1.84 bits per heavy atom. The van der Waals surface area contributed by atoms with E-state index in [-0.39, 0.29) is 12.5 Å². The Hall–Kier alpha value is -3.35. The van der Waals surface area contributed by atoms with Crippen molar-refractivity contribution < 1.29 is 19.1 Å². The zero-order valence-electron chi connectivity index (χ0n) is 18.0. The molecule has 2 saturated heterocycles. The lowest BCUT2D eigenvalue weighted by atomic mass is 9.81. The normalized spacial score (nSPS) is 23.1. The molecular formula is C24H27N3O4. The van der Waals surface area contributed by atoms with Crippen molar-refractivity contribution in [1.29, 1.82) is 0 Å². The molecule has 31 heavy (non-hydrogen) atoms. The Morgan fingerprint density at radius 3 is 2.52 bits per heavy atom. The lowest BCUT2D eigenvalue weighted by molar-refractivity contribution is -0.132. The Labute approximate surface area is 181 Å². The molecule has 0 bridgehead atoms. The number of carbonyl (C=O) groups is 3. The lowest BCUT2D eigenvalue weighted by Gasteiger charge is -2.25. The summed E-state index contributed by atoms with van der Waals surface area (Å²) in [6, 6.07) is 12.8. The van der Waals surface area contributed by atoms with Gasteiger partial charge >= 0.3 is 6.03 Å². The van der Waals surface area contributed by atoms with Crippen LogP contribution < -0.4 is 15.4 Å². The molecule has 2 aliphatic heterocycles. The number of ether oxygens (including phenoxy) is 1. The molecular weight excluding hydrogens is 394 g/mol. The van der Waals surface area contributed by atoms with Crippen molar-refractivity contribution in [3.05, 3.63) is 64.7 Å². The van der Waals surface area contributed by atoms with Crippen LogP contribution in [0.2, 0.25) is 0 Å². The molecule has 7 heteroatoms. The smallest absolute Gasteiger partial charge is 0.322 e. The molecule has 0 aliphatic carbocycles. The minimum atomic E-state index is -0.695. The monoisotopic (exact) mass is 421 g/mol. The average molecular weight is 421 g/mol. The van der Waals surface area contributed by atoms with Crippen molar-refractivity contribution >= 4 is 17.8 Å². The van der Waals surface area contributed by atoms with Crippen molar-refractivity contribution in [3.63, 3.8) is 0 Å². The van der Waals surface area contributed by atoms with Gasteiger partial charge in [0.05, 0.1) is 5.41 Å². The van der Waals surface area contributed by atoms with E-state index in [1.54, 1.807) is 4.90 Å². The van der Waals surface area contributed by atoms with E-state index in [1.807, 2.05) is 31.2 Å². The number of hydrogen-bond acceptors (Lipinski definition) is 4. The summed E-state index contributed by atoms with van der Waals surface area (Å²) in [5.41, 5.74) is 3.80. The van der Waals surface area contributed by atoms with Crippen LogP contribution in [0.25, 0.3) is 0 Å². The number of amides is 4. The van der Waals surface area contributed by atoms with E-state index in [9.17, 15) is 14.4 Å². The molecule has 2 aromatic carbocycles. The number of nitrogens with zero attached hydrogens (tertiary/aromatic N) is 1. The number of nitrogens with one attached hydrogen (secondary N) is 2. The first kappa shape index (κ1) is 20.9. The Kier molecular flexibility index (Phi) is 5.43. The van der Waals surface area contributed by atoms with Crippen LogP contribution >= 0.6 is 0 Å². The Morgan fingerprint density at radius 1 is 1.10 bits per heavy atom. The van der Waals surface area contributed by atoms with E-state index in [4.69, 9.17) is 4.74 Å². The molecule has 2 fully saturated rings. The maximum absolute atomic E-state index is 13.1. The van der Waals surface area contributed by atoms with Gasteiger partial charge in [-0.15, -0.1) is 0 Å². The molecule has 2 aliphatic rings. The van der Waals surface area contributed by atoms with Crippen molar-refractivity contribution in [2.75, 3.05) is 13.1 Å². The highest BCUT2D eigenvalue weighted by Gasteiger charge is 2.45. The predicted molar refractivity (Wildman–Crippen MR) is 116 cm³/mol. The van der Waals surface area contributed by atoms with Gasteiger partial charge in [-0.1, -0.05) is 35.9 Å². The summed E-state index contributed by atoms with van der Waals surface area (Å²) in [6.45, 7) is 7.27. The fourth-order valence-electron chi connectivity index (χ4n) is 4.20. The minimum Gasteiger partial charge on any atom is -0.489 e. The van der Waals surface area contributed by atoms with E-state index in [1.165, 1.54) is 11.1 Å². The number of urea groups is 1. The van der Waals surface area contributed by atoms with Gasteiger partial charge in [-0.25, -0.2) is 4.79 Å². The Bertz CT molecular complexity index is 1030. The lowest BCUT2D eigenvalue weighted by Crippen LogP contribution is -2.45. The first-order valence-electron chi connectivity index (χ1n) is 10.5. The number of likely N-dealkylation sites (tertiary alicyclic amines) is 1. The number of rotatable bonds is 6. The summed E-state index contributed by atoms with van der Waals surface area (Å²) >= 11 is 0. The number of hydrogen-bond donors (Lipinski definition) is 2. The van der Waals surface area contributed by atoms with E-state index >= 15 is 0 Å². The van der Waals surface area contributed by atoms with Crippen molar-refractivity contribution in [3.8, 4) is 5.75 Å². The molecule has 2 unspecified atom stereocenters. The molecule has 4 rings (SSSR count). The minimum absolute atomic E-state index is 0.0366. The van der Waals surface area contributed by atoms with E-state index < -0.39 is 23.4 Å². The van der Waals surface area contributed by atoms with Gasteiger partial charge < -0.3 is 15.0 Å². The number of benzene rings is 2. The molecule has 0 saturated carbocycles. The summed E-state index contributed by atoms with van der Waals surface area (Å²) in [4.78, 5) is 37.9. The van der Waals surface area contributed by atoms with Crippen LogP contribution in [0.3, 0.4) is 0 Å². The highest BCUT2D eigenvalue weighted by molar-refractivity contribution is 6.04. The second-order valence-corrected chi connectivity index (χ2v) is 8.59. The first-order valence-corrected chi connectivity index (χ1v) is 10.5. The van der Waals surface area contributed by atoms with Gasteiger partial charge in [0, 0.05) is 13.1 Å². The second-order valence-electron chi connectivity index (χ2n) is 8.59. The van der Waals surface area contributed by atoms with E-state index in [0.29, 0.717) is 19.6 Å². The van der Waals surface area contributed by atoms with E-state index in [0.717, 1.165) is 16.9 Å². The molecule has 162 valence electrons. The molecule has 4 amide bonds. The predicted octanol–water partition coefficient (Wildman–Crippen LogP) is 2.58. The second kappa shape index (κ2) is 8.06. The van der Waals surface area contributed by atoms with Crippen molar-refractivity contribution in [1.82, 2.24) is 15.5 Å². The zero-order chi connectivity index (χ0) is 22.2. The SMILES string of the molecule is Cc1ccc(C)c(COc2ccc(C3(C)CCN(CC4NC(=O)NC4=O)C3=O)cc2)c1. The maximum atomic E-state index is 13.1. The van der Waals surface area contributed by atoms with Crippen LogP contribution in [0, 0.1) is 13.8 Å². The molecule has 2 aromatic rings. The summed E-state index contributed by atoms with van der Waals surface area (Å²) in [7, 11) is 0. The van der Waals surface area contributed by atoms with E-state index in [2.05, 4.69) is 42.7 Å². The third-order valence-electron chi connectivity index (χ3n) is 6.29. The molecule has 7 nitrogen and oxygen atoms in total. The zero-order valence-corrected chi connectivity index (χ0v) is 18.0. The van der Waals surface area contributed by atoms with Crippen LogP contribution in [-0.4, -0.2) is 41.9 Å². The molecule has 2 atom stereocenters. The largest absolute Gasteiger partial charge is 0.489 e. The van der Waals surface area contributed by atoms with Crippen molar-refractivity contribution in [2.45, 2.75) is 45.3 Å². The Balaban J connectivity index is 1.41. The quantitative estimate of drug-likeness (QED) is 0.702. The standard InChI is InChI=1S/C24H27N3O4/c1-15-4-5-16(2)17(12-15)14-31-19-8-6-18(7-9-19)24(3)10-11-27(22(24)29)13-20-21(28)26-23(30)25-20/h4-9,12,20H,10-11,13-14H2,1-3H3,(H2,25,26,28,30). The number of carbonyl (C=O) groups excluding carboxylic acids is 3. The summed E-state index contributed by atoms with van der Waals surface area (Å²) in [6.07, 6.45) is 0.650. The summed E-state index contributed by atoms with van der Waals surface area (Å²) in [5.74, 6) is 0.322. The van der Waals surface area contributed by atoms with Gasteiger partial charge in [-0.3, -0.25) is 14.9 Å². The number of imide groups is 1. The molecule has 0 radical (unpaired) electrons. The maximum Gasteiger partial charge on any atom is 0.322 e. The van der Waals surface area contributed by atoms with Gasteiger partial charge in [0.2, 0.25) is 5.91 Å². The van der Waals surface area contributed by atoms with Crippen LogP contribution in [0.1, 0.15) is 35.6 Å². The molecule has 2 heterocycles. The summed E-state index contributed by atoms with van der Waals surface area (Å²) in [5, 5.41) is 4.75. The topological polar surface area (TPSA) is 87.7 Å². The van der Waals surface area contributed by atoms with Crippen LogP contribution in [0.5, 0.6) is 5.75 Å². The summed E-state index contributed by atoms with van der Waals surface area (Å²) < 4.78 is 5.96. The molecule has 0 spiro atoms. The highest BCUT2D eigenvalue weighted by atomic mass is 16.5. The van der Waals surface area contributed by atoms with Crippen molar-refractivity contribution in [2.24, 2.45) is 0 Å². The third kappa shape index (κ3) is 4.13.